The van der Waals surface area contributed by atoms with Gasteiger partial charge in [0, 0.05) is 4.47 Å². The predicted molar refractivity (Wildman–Crippen MR) is 42.7 cm³/mol. The molecule has 5 heteroatoms. The van der Waals surface area contributed by atoms with E-state index in [2.05, 4.69) is 15.9 Å². The number of hydrogen-bond donors (Lipinski definition) is 1. The average Bonchev–Trinajstić information content (AvgIpc) is 1.85. The molecule has 0 fully saturated rings. The zero-order chi connectivity index (χ0) is 8.43. The fourth-order valence-corrected chi connectivity index (χ4v) is 1.40. The lowest BCUT2D eigenvalue weighted by molar-refractivity contribution is 0.578. The van der Waals surface area contributed by atoms with Gasteiger partial charge in [-0.1, -0.05) is 15.9 Å². The molecule has 0 unspecified atom stereocenters. The number of benzene rings is 1. The molecule has 0 aromatic heterocycles. The van der Waals surface area contributed by atoms with Crippen LogP contribution >= 0.6 is 15.9 Å². The highest BCUT2D eigenvalue weighted by molar-refractivity contribution is 9.10. The number of hydrogen-bond acceptors (Lipinski definition) is 2. The zero-order valence-electron chi connectivity index (χ0n) is 5.25. The van der Waals surface area contributed by atoms with Crippen LogP contribution in [-0.2, 0) is 10.7 Å². The van der Waals surface area contributed by atoms with Crippen LogP contribution < -0.4 is 0 Å². The molecule has 0 aliphatic carbocycles. The summed E-state index contributed by atoms with van der Waals surface area (Å²) in [5, 5.41) is 0. The Morgan fingerprint density at radius 2 is 2.00 bits per heavy atom. The normalized spacial score (nSPS) is 10.5. The van der Waals surface area contributed by atoms with Gasteiger partial charge >= 0.3 is 0 Å². The van der Waals surface area contributed by atoms with Crippen molar-refractivity contribution in [2.24, 2.45) is 0 Å². The first-order chi connectivity index (χ1) is 5.11. The molecule has 0 bridgehead atoms. The van der Waals surface area contributed by atoms with E-state index < -0.39 is 16.5 Å². The van der Waals surface area contributed by atoms with Crippen molar-refractivity contribution in [2.45, 2.75) is 4.90 Å². The van der Waals surface area contributed by atoms with Gasteiger partial charge in [0.1, 0.15) is 5.82 Å². The SMILES string of the molecule is O=[SH](=O)c1ccc(Br)cc1F. The number of halogens is 2. The summed E-state index contributed by atoms with van der Waals surface area (Å²) in [6.45, 7) is 0. The van der Waals surface area contributed by atoms with E-state index >= 15 is 0 Å². The molecule has 0 saturated heterocycles. The smallest absolute Gasteiger partial charge is 0.171 e. The Morgan fingerprint density at radius 1 is 1.36 bits per heavy atom. The van der Waals surface area contributed by atoms with Crippen LogP contribution in [0.2, 0.25) is 0 Å². The van der Waals surface area contributed by atoms with E-state index in [0.717, 1.165) is 6.07 Å². The molecule has 11 heavy (non-hydrogen) atoms. The first-order valence-electron chi connectivity index (χ1n) is 2.70. The van der Waals surface area contributed by atoms with Gasteiger partial charge < -0.3 is 0 Å². The second-order valence-electron chi connectivity index (χ2n) is 1.85. The van der Waals surface area contributed by atoms with Gasteiger partial charge in [-0.15, -0.1) is 0 Å². The molecule has 60 valence electrons. The Morgan fingerprint density at radius 3 is 2.45 bits per heavy atom. The lowest BCUT2D eigenvalue weighted by Crippen LogP contribution is -1.85. The third kappa shape index (κ3) is 2.00. The van der Waals surface area contributed by atoms with Crippen LogP contribution in [0.5, 0.6) is 0 Å². The van der Waals surface area contributed by atoms with E-state index in [-0.39, 0.29) is 4.90 Å². The minimum atomic E-state index is -2.82. The van der Waals surface area contributed by atoms with E-state index in [4.69, 9.17) is 0 Å². The Balaban J connectivity index is 3.31. The molecule has 0 spiro atoms. The molecule has 0 aliphatic rings. The maximum atomic E-state index is 12.7. The maximum absolute atomic E-state index is 12.7. The molecule has 0 saturated carbocycles. The van der Waals surface area contributed by atoms with E-state index in [9.17, 15) is 12.8 Å². The predicted octanol–water partition coefficient (Wildman–Crippen LogP) is 1.56. The molecule has 0 atom stereocenters. The topological polar surface area (TPSA) is 34.1 Å². The molecule has 0 N–H and O–H groups in total. The summed E-state index contributed by atoms with van der Waals surface area (Å²) in [5.41, 5.74) is 0. The summed E-state index contributed by atoms with van der Waals surface area (Å²) in [6.07, 6.45) is 0. The monoisotopic (exact) mass is 238 g/mol. The molecule has 0 heterocycles. The average molecular weight is 239 g/mol. The second kappa shape index (κ2) is 3.32. The highest BCUT2D eigenvalue weighted by Crippen LogP contribution is 2.15. The minimum absolute atomic E-state index is 0.275. The summed E-state index contributed by atoms with van der Waals surface area (Å²) >= 11 is 3.01. The van der Waals surface area contributed by atoms with Gasteiger partial charge in [0.2, 0.25) is 0 Å². The van der Waals surface area contributed by atoms with Crippen LogP contribution in [0.25, 0.3) is 0 Å². The van der Waals surface area contributed by atoms with E-state index in [1.165, 1.54) is 12.1 Å². The van der Waals surface area contributed by atoms with E-state index in [1.807, 2.05) is 0 Å². The van der Waals surface area contributed by atoms with Crippen molar-refractivity contribution in [1.82, 2.24) is 0 Å². The summed E-state index contributed by atoms with van der Waals surface area (Å²) in [7, 11) is -2.82. The van der Waals surface area contributed by atoms with Crippen LogP contribution in [0, 0.1) is 5.82 Å². The fourth-order valence-electron chi connectivity index (χ4n) is 0.629. The Kier molecular flexibility index (Phi) is 2.62. The minimum Gasteiger partial charge on any atom is -0.227 e. The molecule has 0 amide bonds. The molecule has 0 aliphatic heterocycles. The van der Waals surface area contributed by atoms with Crippen molar-refractivity contribution in [3.63, 3.8) is 0 Å². The quantitative estimate of drug-likeness (QED) is 0.754. The summed E-state index contributed by atoms with van der Waals surface area (Å²) in [5.74, 6) is -0.726. The first-order valence-corrected chi connectivity index (χ1v) is 4.68. The summed E-state index contributed by atoms with van der Waals surface area (Å²) in [4.78, 5) is -0.275. The lowest BCUT2D eigenvalue weighted by atomic mass is 10.3. The maximum Gasteiger partial charge on any atom is 0.171 e. The standard InChI is InChI=1S/C6H4BrFO2S/c7-4-1-2-6(11(9)10)5(8)3-4/h1-3,11H. The van der Waals surface area contributed by atoms with Gasteiger partial charge in [-0.2, -0.15) is 0 Å². The van der Waals surface area contributed by atoms with Gasteiger partial charge in [0.05, 0.1) is 4.90 Å². The zero-order valence-corrected chi connectivity index (χ0v) is 7.73. The Labute approximate surface area is 73.1 Å². The Bertz CT molecular complexity index is 340. The molecular weight excluding hydrogens is 235 g/mol. The largest absolute Gasteiger partial charge is 0.227 e. The van der Waals surface area contributed by atoms with E-state index in [1.54, 1.807) is 0 Å². The van der Waals surface area contributed by atoms with Crippen LogP contribution in [0.4, 0.5) is 4.39 Å². The summed E-state index contributed by atoms with van der Waals surface area (Å²) in [6, 6.07) is 3.80. The van der Waals surface area contributed by atoms with Crippen LogP contribution in [-0.4, -0.2) is 8.42 Å². The second-order valence-corrected chi connectivity index (χ2v) is 3.76. The lowest BCUT2D eigenvalue weighted by Gasteiger charge is -1.93. The van der Waals surface area contributed by atoms with Crippen molar-refractivity contribution >= 4 is 26.6 Å². The fraction of sp³-hybridized carbons (Fsp3) is 0. The van der Waals surface area contributed by atoms with Crippen LogP contribution in [0.3, 0.4) is 0 Å². The van der Waals surface area contributed by atoms with Crippen molar-refractivity contribution in [1.29, 1.82) is 0 Å². The highest BCUT2D eigenvalue weighted by Gasteiger charge is 2.03. The Hall–Kier alpha value is -0.420. The number of rotatable bonds is 1. The molecule has 1 rings (SSSR count). The molecule has 1 aromatic rings. The summed E-state index contributed by atoms with van der Waals surface area (Å²) < 4.78 is 33.8. The van der Waals surface area contributed by atoms with Gasteiger partial charge in [-0.25, -0.2) is 12.8 Å². The molecule has 2 nitrogen and oxygen atoms in total. The molecule has 1 aromatic carbocycles. The molecule has 0 radical (unpaired) electrons. The third-order valence-electron chi connectivity index (χ3n) is 1.11. The van der Waals surface area contributed by atoms with E-state index in [0.29, 0.717) is 4.47 Å². The number of thiol groups is 1. The third-order valence-corrected chi connectivity index (χ3v) is 2.36. The van der Waals surface area contributed by atoms with Crippen LogP contribution in [0.1, 0.15) is 0 Å². The van der Waals surface area contributed by atoms with Gasteiger partial charge in [0.25, 0.3) is 0 Å². The van der Waals surface area contributed by atoms with Gasteiger partial charge in [0.15, 0.2) is 10.7 Å². The van der Waals surface area contributed by atoms with Gasteiger partial charge in [-0.3, -0.25) is 0 Å². The van der Waals surface area contributed by atoms with Crippen molar-refractivity contribution in [3.05, 3.63) is 28.5 Å². The molecular formula is C6H4BrFO2S. The van der Waals surface area contributed by atoms with Crippen molar-refractivity contribution in [3.8, 4) is 0 Å². The van der Waals surface area contributed by atoms with Crippen LogP contribution in [0.15, 0.2) is 27.6 Å². The van der Waals surface area contributed by atoms with Crippen molar-refractivity contribution in [2.75, 3.05) is 0 Å². The van der Waals surface area contributed by atoms with Crippen molar-refractivity contribution < 1.29 is 12.8 Å². The highest BCUT2D eigenvalue weighted by atomic mass is 79.9. The first kappa shape index (κ1) is 8.67. The van der Waals surface area contributed by atoms with Gasteiger partial charge in [-0.05, 0) is 18.2 Å².